The first kappa shape index (κ1) is 24.3. The van der Waals surface area contributed by atoms with Crippen molar-refractivity contribution in [1.82, 2.24) is 5.32 Å². The van der Waals surface area contributed by atoms with E-state index in [2.05, 4.69) is 17.4 Å². The number of carbonyl (C=O) groups is 1. The number of methoxy groups -OCH3 is 1. The van der Waals surface area contributed by atoms with E-state index >= 15 is 0 Å². The minimum atomic E-state index is -3.98. The molecule has 3 aromatic rings. The minimum absolute atomic E-state index is 0.112. The fourth-order valence-electron chi connectivity index (χ4n) is 3.59. The van der Waals surface area contributed by atoms with Crippen LogP contribution in [0.15, 0.2) is 77.7 Å². The molecule has 6 nitrogen and oxygen atoms in total. The third kappa shape index (κ3) is 6.35. The van der Waals surface area contributed by atoms with Crippen LogP contribution < -0.4 is 14.4 Å². The Morgan fingerprint density at radius 1 is 0.939 bits per heavy atom. The molecule has 0 saturated carbocycles. The van der Waals surface area contributed by atoms with Crippen LogP contribution in [0.5, 0.6) is 5.75 Å². The Hall–Kier alpha value is -3.32. The molecule has 0 heterocycles. The molecule has 7 heteroatoms. The highest BCUT2D eigenvalue weighted by atomic mass is 32.2. The van der Waals surface area contributed by atoms with Crippen molar-refractivity contribution in [3.63, 3.8) is 0 Å². The van der Waals surface area contributed by atoms with Crippen molar-refractivity contribution >= 4 is 21.6 Å². The number of hydrogen-bond donors (Lipinski definition) is 1. The molecule has 0 aromatic heterocycles. The molecule has 174 valence electrons. The van der Waals surface area contributed by atoms with Crippen molar-refractivity contribution in [2.24, 2.45) is 0 Å². The lowest BCUT2D eigenvalue weighted by Gasteiger charge is -2.26. The van der Waals surface area contributed by atoms with E-state index in [4.69, 9.17) is 4.74 Å². The van der Waals surface area contributed by atoms with Crippen molar-refractivity contribution in [2.75, 3.05) is 24.5 Å². The highest BCUT2D eigenvalue weighted by Crippen LogP contribution is 2.33. The van der Waals surface area contributed by atoms with E-state index in [1.54, 1.807) is 30.3 Å². The summed E-state index contributed by atoms with van der Waals surface area (Å²) >= 11 is 0. The Balaban J connectivity index is 1.77. The third-order valence-electron chi connectivity index (χ3n) is 5.27. The maximum Gasteiger partial charge on any atom is 0.264 e. The van der Waals surface area contributed by atoms with Crippen LogP contribution in [-0.4, -0.2) is 34.5 Å². The van der Waals surface area contributed by atoms with Gasteiger partial charge in [-0.2, -0.15) is 0 Å². The van der Waals surface area contributed by atoms with Crippen molar-refractivity contribution in [1.29, 1.82) is 0 Å². The Labute approximate surface area is 196 Å². The zero-order valence-electron chi connectivity index (χ0n) is 19.2. The van der Waals surface area contributed by atoms with Gasteiger partial charge < -0.3 is 10.1 Å². The van der Waals surface area contributed by atoms with Crippen molar-refractivity contribution < 1.29 is 17.9 Å². The smallest absolute Gasteiger partial charge is 0.264 e. The average molecular weight is 467 g/mol. The molecule has 0 bridgehead atoms. The van der Waals surface area contributed by atoms with Gasteiger partial charge in [-0.3, -0.25) is 9.10 Å². The molecule has 0 saturated heterocycles. The maximum atomic E-state index is 13.5. The molecule has 0 unspecified atom stereocenters. The largest absolute Gasteiger partial charge is 0.495 e. The molecule has 0 fully saturated rings. The second-order valence-corrected chi connectivity index (χ2v) is 9.80. The van der Waals surface area contributed by atoms with Crippen molar-refractivity contribution in [3.05, 3.63) is 89.5 Å². The molecule has 0 atom stereocenters. The van der Waals surface area contributed by atoms with E-state index in [1.165, 1.54) is 30.4 Å². The van der Waals surface area contributed by atoms with Gasteiger partial charge in [0.05, 0.1) is 17.7 Å². The zero-order valence-corrected chi connectivity index (χ0v) is 20.1. The molecule has 0 aliphatic carbocycles. The van der Waals surface area contributed by atoms with Crippen molar-refractivity contribution in [3.8, 4) is 5.75 Å². The predicted octanol–water partition coefficient (Wildman–Crippen LogP) is 4.26. The SMILES string of the molecule is COc1ccc(C)cc1N(CC(=O)NCCCc1cccc(C)c1)S(=O)(=O)c1ccccc1. The Morgan fingerprint density at radius 3 is 2.36 bits per heavy atom. The summed E-state index contributed by atoms with van der Waals surface area (Å²) in [7, 11) is -2.51. The zero-order chi connectivity index (χ0) is 23.8. The van der Waals surface area contributed by atoms with Gasteiger partial charge in [-0.05, 0) is 62.1 Å². The summed E-state index contributed by atoms with van der Waals surface area (Å²) < 4.78 is 33.5. The summed E-state index contributed by atoms with van der Waals surface area (Å²) in [5, 5.41) is 2.86. The van der Waals surface area contributed by atoms with Crippen molar-refractivity contribution in [2.45, 2.75) is 31.6 Å². The van der Waals surface area contributed by atoms with Crippen LogP contribution in [0, 0.1) is 13.8 Å². The first-order chi connectivity index (χ1) is 15.8. The van der Waals surface area contributed by atoms with E-state index in [-0.39, 0.29) is 17.3 Å². The fraction of sp³-hybridized carbons (Fsp3) is 0.269. The molecule has 1 N–H and O–H groups in total. The summed E-state index contributed by atoms with van der Waals surface area (Å²) in [6.45, 7) is 4.02. The standard InChI is InChI=1S/C26H30N2O4S/c1-20-9-7-10-22(17-20)11-8-16-27-26(29)19-28(24-18-21(2)14-15-25(24)32-3)33(30,31)23-12-5-4-6-13-23/h4-7,9-10,12-15,17-18H,8,11,16,19H2,1-3H3,(H,27,29). The summed E-state index contributed by atoms with van der Waals surface area (Å²) in [6, 6.07) is 21.6. The van der Waals surface area contributed by atoms with Crippen LogP contribution in [-0.2, 0) is 21.2 Å². The topological polar surface area (TPSA) is 75.7 Å². The number of aryl methyl sites for hydroxylation is 3. The lowest BCUT2D eigenvalue weighted by atomic mass is 10.1. The summed E-state index contributed by atoms with van der Waals surface area (Å²) in [5.74, 6) is 0.00895. The summed E-state index contributed by atoms with van der Waals surface area (Å²) in [6.07, 6.45) is 1.59. The first-order valence-corrected chi connectivity index (χ1v) is 12.3. The number of nitrogens with one attached hydrogen (secondary N) is 1. The molecule has 0 aliphatic rings. The van der Waals surface area contributed by atoms with E-state index in [0.29, 0.717) is 18.0 Å². The van der Waals surface area contributed by atoms with Crippen LogP contribution >= 0.6 is 0 Å². The van der Waals surface area contributed by atoms with E-state index in [1.807, 2.05) is 32.0 Å². The Kier molecular flexibility index (Phi) is 8.11. The van der Waals surface area contributed by atoms with Crippen LogP contribution in [0.25, 0.3) is 0 Å². The van der Waals surface area contributed by atoms with Crippen LogP contribution in [0.2, 0.25) is 0 Å². The first-order valence-electron chi connectivity index (χ1n) is 10.9. The monoisotopic (exact) mass is 466 g/mol. The highest BCUT2D eigenvalue weighted by Gasteiger charge is 2.29. The summed E-state index contributed by atoms with van der Waals surface area (Å²) in [5.41, 5.74) is 3.60. The number of ether oxygens (including phenoxy) is 1. The number of anilines is 1. The van der Waals surface area contributed by atoms with Gasteiger partial charge in [0.1, 0.15) is 12.3 Å². The molecule has 0 spiro atoms. The predicted molar refractivity (Wildman–Crippen MR) is 131 cm³/mol. The van der Waals surface area contributed by atoms with Crippen LogP contribution in [0.4, 0.5) is 5.69 Å². The van der Waals surface area contributed by atoms with Gasteiger partial charge in [0, 0.05) is 6.54 Å². The number of hydrogen-bond acceptors (Lipinski definition) is 4. The molecular weight excluding hydrogens is 436 g/mol. The minimum Gasteiger partial charge on any atom is -0.495 e. The number of nitrogens with zero attached hydrogens (tertiary/aromatic N) is 1. The normalized spacial score (nSPS) is 11.1. The van der Waals surface area contributed by atoms with E-state index < -0.39 is 10.0 Å². The number of amides is 1. The van der Waals surface area contributed by atoms with Crippen LogP contribution in [0.1, 0.15) is 23.1 Å². The number of sulfonamides is 1. The van der Waals surface area contributed by atoms with E-state index in [0.717, 1.165) is 22.7 Å². The van der Waals surface area contributed by atoms with Crippen LogP contribution in [0.3, 0.4) is 0 Å². The molecule has 1 amide bonds. The number of carbonyl (C=O) groups excluding carboxylic acids is 1. The van der Waals surface area contributed by atoms with Gasteiger partial charge in [0.2, 0.25) is 5.91 Å². The third-order valence-corrected chi connectivity index (χ3v) is 7.04. The Morgan fingerprint density at radius 2 is 1.67 bits per heavy atom. The number of benzene rings is 3. The van der Waals surface area contributed by atoms with Gasteiger partial charge in [-0.25, -0.2) is 8.42 Å². The van der Waals surface area contributed by atoms with Gasteiger partial charge in [-0.1, -0.05) is 54.1 Å². The second kappa shape index (κ2) is 11.0. The van der Waals surface area contributed by atoms with Gasteiger partial charge in [-0.15, -0.1) is 0 Å². The fourth-order valence-corrected chi connectivity index (χ4v) is 5.03. The second-order valence-electron chi connectivity index (χ2n) is 7.94. The average Bonchev–Trinajstić information content (AvgIpc) is 2.81. The molecule has 0 aliphatic heterocycles. The molecule has 33 heavy (non-hydrogen) atoms. The lowest BCUT2D eigenvalue weighted by Crippen LogP contribution is -2.41. The Bertz CT molecular complexity index is 1190. The maximum absolute atomic E-state index is 13.5. The number of rotatable bonds is 10. The highest BCUT2D eigenvalue weighted by molar-refractivity contribution is 7.92. The van der Waals surface area contributed by atoms with E-state index in [9.17, 15) is 13.2 Å². The van der Waals surface area contributed by atoms with Gasteiger partial charge >= 0.3 is 0 Å². The molecular formula is C26H30N2O4S. The molecule has 3 aromatic carbocycles. The quantitative estimate of drug-likeness (QED) is 0.453. The molecule has 0 radical (unpaired) electrons. The van der Waals surface area contributed by atoms with Gasteiger partial charge in [0.25, 0.3) is 10.0 Å². The summed E-state index contributed by atoms with van der Waals surface area (Å²) in [4.78, 5) is 12.9. The lowest BCUT2D eigenvalue weighted by molar-refractivity contribution is -0.119. The van der Waals surface area contributed by atoms with Gasteiger partial charge in [0.15, 0.2) is 0 Å². The molecule has 3 rings (SSSR count).